The number of ether oxygens (including phenoxy) is 14. The molecule has 616 valence electrons. The summed E-state index contributed by atoms with van der Waals surface area (Å²) in [4.78, 5) is 15.4. The van der Waals surface area contributed by atoms with Crippen LogP contribution < -0.4 is 0 Å². The molecule has 21 N–H and O–H groups in total. The minimum Gasteiger partial charge on any atom is -0.432 e. The first-order chi connectivity index (χ1) is 50.3. The van der Waals surface area contributed by atoms with Crippen molar-refractivity contribution in [2.75, 3.05) is 39.6 Å². The van der Waals surface area contributed by atoms with Gasteiger partial charge in [0.25, 0.3) is 0 Å². The molecule has 36 nitrogen and oxygen atoms in total. The Labute approximate surface area is 618 Å². The first-order valence-electron chi connectivity index (χ1n) is 37.7. The molecule has 11 fully saturated rings. The van der Waals surface area contributed by atoms with Crippen LogP contribution in [-0.4, -0.2) is 368 Å². The van der Waals surface area contributed by atoms with Crippen LogP contribution in [0.1, 0.15) is 120 Å². The Hall–Kier alpha value is -2.15. The van der Waals surface area contributed by atoms with Gasteiger partial charge in [0.15, 0.2) is 37.7 Å². The Kier molecular flexibility index (Phi) is 25.3. The highest BCUT2D eigenvalue weighted by Crippen LogP contribution is 2.76. The molecule has 0 spiro atoms. The molecule has 0 amide bonds. The molecule has 0 aromatic rings. The van der Waals surface area contributed by atoms with Crippen LogP contribution >= 0.6 is 0 Å². The highest BCUT2D eigenvalue weighted by Gasteiger charge is 2.71. The molecule has 0 radical (unpaired) electrons. The summed E-state index contributed by atoms with van der Waals surface area (Å²) in [6.07, 6.45) is -51.5. The molecular weight excluding hydrogens is 1430 g/mol. The molecule has 5 aliphatic carbocycles. The summed E-state index contributed by atoms with van der Waals surface area (Å²) in [5.74, 6) is -1.31. The predicted octanol–water partition coefficient (Wildman–Crippen LogP) is -6.90. The Morgan fingerprint density at radius 2 is 0.953 bits per heavy atom. The second-order valence-corrected chi connectivity index (χ2v) is 34.1. The highest BCUT2D eigenvalue weighted by molar-refractivity contribution is 5.79. The molecule has 4 saturated carbocycles. The molecule has 43 atom stereocenters. The van der Waals surface area contributed by atoms with E-state index in [1.165, 1.54) is 13.8 Å². The Balaban J connectivity index is 0.753. The van der Waals surface area contributed by atoms with Gasteiger partial charge in [-0.3, -0.25) is 4.79 Å². The first kappa shape index (κ1) is 84.3. The number of aliphatic hydroxyl groups is 21. The Bertz CT molecular complexity index is 3030. The zero-order valence-corrected chi connectivity index (χ0v) is 61.3. The largest absolute Gasteiger partial charge is 0.432 e. The van der Waals surface area contributed by atoms with Crippen LogP contribution in [0.25, 0.3) is 0 Å². The molecule has 0 aromatic carbocycles. The maximum absolute atomic E-state index is 15.4. The maximum atomic E-state index is 15.4. The zero-order chi connectivity index (χ0) is 78.0. The number of allylic oxidation sites excluding steroid dienone is 2. The van der Waals surface area contributed by atoms with Crippen LogP contribution in [0.2, 0.25) is 0 Å². The van der Waals surface area contributed by atoms with Crippen LogP contribution in [0.4, 0.5) is 0 Å². The van der Waals surface area contributed by atoms with E-state index >= 15 is 4.79 Å². The van der Waals surface area contributed by atoms with Crippen LogP contribution in [0.3, 0.4) is 0 Å². The van der Waals surface area contributed by atoms with Gasteiger partial charge in [0.05, 0.1) is 63.4 Å². The van der Waals surface area contributed by atoms with Gasteiger partial charge in [-0.1, -0.05) is 53.2 Å². The average molecular weight is 1550 g/mol. The summed E-state index contributed by atoms with van der Waals surface area (Å²) >= 11 is 0. The average Bonchev–Trinajstić information content (AvgIpc) is 0.673. The van der Waals surface area contributed by atoms with Crippen molar-refractivity contribution >= 4 is 5.97 Å². The smallest absolute Gasteiger partial charge is 0.315 e. The fourth-order valence-corrected chi connectivity index (χ4v) is 20.5. The maximum Gasteiger partial charge on any atom is 0.315 e. The lowest BCUT2D eigenvalue weighted by molar-refractivity contribution is -0.391. The normalized spacial score (nSPS) is 55.1. The molecule has 12 rings (SSSR count). The number of hydrogen-bond donors (Lipinski definition) is 21. The van der Waals surface area contributed by atoms with E-state index in [9.17, 15) is 107 Å². The lowest BCUT2D eigenvalue weighted by atomic mass is 9.33. The van der Waals surface area contributed by atoms with Crippen molar-refractivity contribution < 1.29 is 178 Å². The third-order valence-electron chi connectivity index (χ3n) is 27.4. The van der Waals surface area contributed by atoms with Crippen molar-refractivity contribution in [3.05, 3.63) is 11.6 Å². The van der Waals surface area contributed by atoms with E-state index in [0.29, 0.717) is 64.2 Å². The Morgan fingerprint density at radius 1 is 0.449 bits per heavy atom. The summed E-state index contributed by atoms with van der Waals surface area (Å²) in [6.45, 7) is 11.8. The zero-order valence-electron chi connectivity index (χ0n) is 61.3. The van der Waals surface area contributed by atoms with E-state index in [-0.39, 0.29) is 29.8 Å². The minimum absolute atomic E-state index is 0.0135. The first-order valence-corrected chi connectivity index (χ1v) is 37.7. The second-order valence-electron chi connectivity index (χ2n) is 34.1. The number of fused-ring (bicyclic) bond motifs is 7. The molecule has 12 aliphatic rings. The van der Waals surface area contributed by atoms with E-state index in [1.807, 2.05) is 6.92 Å². The lowest BCUT2D eigenvalue weighted by Crippen LogP contribution is -2.67. The number of rotatable bonds is 19. The van der Waals surface area contributed by atoms with Gasteiger partial charge in [-0.2, -0.15) is 0 Å². The van der Waals surface area contributed by atoms with Crippen LogP contribution in [-0.2, 0) is 71.1 Å². The van der Waals surface area contributed by atoms with Crippen molar-refractivity contribution in [2.45, 2.75) is 335 Å². The van der Waals surface area contributed by atoms with Crippen LogP contribution in [0.5, 0.6) is 0 Å². The monoisotopic (exact) mass is 1540 g/mol. The van der Waals surface area contributed by atoms with Crippen LogP contribution in [0, 0.1) is 50.2 Å². The van der Waals surface area contributed by atoms with Gasteiger partial charge in [0, 0.05) is 5.41 Å². The van der Waals surface area contributed by atoms with Gasteiger partial charge in [-0.25, -0.2) is 0 Å². The summed E-state index contributed by atoms with van der Waals surface area (Å²) < 4.78 is 84.0. The fraction of sp³-hybridized carbons (Fsp3) is 0.958. The van der Waals surface area contributed by atoms with Crippen LogP contribution in [0.15, 0.2) is 11.6 Å². The molecule has 0 aromatic heterocycles. The lowest BCUT2D eigenvalue weighted by Gasteiger charge is -2.71. The van der Waals surface area contributed by atoms with Crippen molar-refractivity contribution in [3.8, 4) is 0 Å². The van der Waals surface area contributed by atoms with Gasteiger partial charge >= 0.3 is 5.97 Å². The summed E-state index contributed by atoms with van der Waals surface area (Å²) in [5, 5.41) is 230. The van der Waals surface area contributed by atoms with E-state index in [4.69, 9.17) is 66.3 Å². The molecular formula is C71H116O36. The number of carbonyl (C=O) groups is 1. The highest BCUT2D eigenvalue weighted by atomic mass is 16.8. The van der Waals surface area contributed by atoms with E-state index in [1.54, 1.807) is 0 Å². The van der Waals surface area contributed by atoms with Gasteiger partial charge < -0.3 is 174 Å². The van der Waals surface area contributed by atoms with Crippen molar-refractivity contribution in [3.63, 3.8) is 0 Å². The number of hydrogen-bond acceptors (Lipinski definition) is 36. The quantitative estimate of drug-likeness (QED) is 0.0325. The third kappa shape index (κ3) is 14.8. The summed E-state index contributed by atoms with van der Waals surface area (Å²) in [6, 6.07) is 0. The van der Waals surface area contributed by atoms with Gasteiger partial charge in [-0.15, -0.1) is 0 Å². The van der Waals surface area contributed by atoms with E-state index < -0.39 is 281 Å². The molecule has 0 unspecified atom stereocenters. The third-order valence-corrected chi connectivity index (χ3v) is 27.4. The second kappa shape index (κ2) is 32.1. The summed E-state index contributed by atoms with van der Waals surface area (Å²) in [5.41, 5.74) is -2.77. The fourth-order valence-electron chi connectivity index (χ4n) is 20.5. The van der Waals surface area contributed by atoms with Gasteiger partial charge in [-0.05, 0) is 117 Å². The van der Waals surface area contributed by atoms with E-state index in [2.05, 4.69) is 40.7 Å². The van der Waals surface area contributed by atoms with Crippen molar-refractivity contribution in [2.24, 2.45) is 50.2 Å². The molecule has 36 heteroatoms. The van der Waals surface area contributed by atoms with Gasteiger partial charge in [0.2, 0.25) is 6.29 Å². The molecule has 7 saturated heterocycles. The topological polar surface area (TPSA) is 571 Å². The summed E-state index contributed by atoms with van der Waals surface area (Å²) in [7, 11) is 0. The standard InChI is InChI=1S/C71H116O36/c1-26-38(76)44(82)49(87)59(96-26)104-55-32(22-74)100-58(53(91)48(55)86)94-23-33-42(80)47(85)52(90)62(101-33)107-65(93)71-17-15-66(3,4)19-29(71)28-9-10-36-67(5)13-12-37(68(6,25-75)35(67)11-14-70(36,8)69(28,7)16-18-71)103-64-57(43(81)34(24-95-64)102-60-50(88)45(83)40(78)30(20-72)98-60)106-63-54(92)56(39(77)27(2)97-63)105-61-51(89)46(84)41(79)31(21-73)99-61/h9,26-27,29-64,72-92H,10-25H2,1-8H3/t26-,27-,29-,30+,31+,32+,33+,34-,35+,36+,37+,38-,39-,40+,41+,42+,43-,44+,45-,46-,47-,48+,49+,50+,51+,52+,53+,54+,55+,56+,57+,58+,59-,60-,61-,62-,63-,64-,67-,68-,69+,70+,71-/m0/s1. The number of carbonyl (C=O) groups excluding carboxylic acids is 1. The van der Waals surface area contributed by atoms with Crippen molar-refractivity contribution in [1.82, 2.24) is 0 Å². The molecule has 107 heavy (non-hydrogen) atoms. The predicted molar refractivity (Wildman–Crippen MR) is 353 cm³/mol. The number of esters is 1. The van der Waals surface area contributed by atoms with E-state index in [0.717, 1.165) is 5.57 Å². The van der Waals surface area contributed by atoms with Crippen molar-refractivity contribution in [1.29, 1.82) is 0 Å². The minimum atomic E-state index is -2.01. The van der Waals surface area contributed by atoms with Gasteiger partial charge in [0.1, 0.15) is 153 Å². The Morgan fingerprint density at radius 3 is 1.56 bits per heavy atom. The molecule has 0 bridgehead atoms. The SMILES string of the molecule is C[C@@H]1O[C@@H](O[C@H]2[C@H](O)[C@@H](O)[C@H](OC[C@H]3O[C@@H](OC(=O)[C@]45CCC(C)(C)C[C@H]4C4=CC[C@@H]6[C@@]7(C)CC[C@@H](O[C@@H]8OC[C@H](O[C@@H]9O[C@H](CO)[C@@H](O)[C@H](O)[C@H]9O)[C@H](O)[C@H]8O[C@@H]8O[C@@H](C)[C@H](O)[C@@H](O[C@@H]9O[C@H](CO)[C@@H](O)[C@H](O)[C@H]9O)[C@H]8O)[C@@](C)(CO)[C@@H]7CC[C@@]6(C)[C@]4(C)CC5)[C@H](O)[C@@H](O)[C@@H]3O)O[C@@H]2CO)[C@H](O)[C@H](O)[C@H]1O. The molecule has 7 aliphatic heterocycles. The number of aliphatic hydroxyl groups excluding tert-OH is 21. The molecule has 7 heterocycles.